The normalized spacial score (nSPS) is 25.8. The van der Waals surface area contributed by atoms with Gasteiger partial charge in [0.1, 0.15) is 0 Å². The van der Waals surface area contributed by atoms with Crippen LogP contribution in [0, 0.1) is 0 Å². The van der Waals surface area contributed by atoms with Crippen LogP contribution in [-0.2, 0) is 15.1 Å². The van der Waals surface area contributed by atoms with Crippen molar-refractivity contribution in [2.45, 2.75) is 12.5 Å². The van der Waals surface area contributed by atoms with Crippen LogP contribution in [0.15, 0.2) is 35.3 Å². The summed E-state index contributed by atoms with van der Waals surface area (Å²) < 4.78 is 5.23. The van der Waals surface area contributed by atoms with Gasteiger partial charge >= 0.3 is 0 Å². The van der Waals surface area contributed by atoms with Gasteiger partial charge in [-0.2, -0.15) is 4.99 Å². The van der Waals surface area contributed by atoms with E-state index in [0.29, 0.717) is 0 Å². The van der Waals surface area contributed by atoms with Crippen molar-refractivity contribution < 1.29 is 9.53 Å². The molecule has 1 aromatic carbocycles. The van der Waals surface area contributed by atoms with Gasteiger partial charge in [-0.05, 0) is 6.92 Å². The Morgan fingerprint density at radius 1 is 1.36 bits per heavy atom. The number of nitrogens with zero attached hydrogens (tertiary/aromatic N) is 1. The minimum atomic E-state index is -1.05. The molecule has 0 saturated heterocycles. The zero-order valence-electron chi connectivity index (χ0n) is 7.73. The fourth-order valence-corrected chi connectivity index (χ4v) is 1.42. The summed E-state index contributed by atoms with van der Waals surface area (Å²) in [6.07, 6.45) is 0. The maximum atomic E-state index is 11.5. The van der Waals surface area contributed by atoms with Crippen molar-refractivity contribution in [1.29, 1.82) is 0 Å². The number of nitrogens with two attached hydrogens (primary N) is 1. The van der Waals surface area contributed by atoms with Gasteiger partial charge < -0.3 is 10.5 Å². The highest BCUT2D eigenvalue weighted by atomic mass is 16.5. The molecule has 4 heteroatoms. The second-order valence-corrected chi connectivity index (χ2v) is 3.26. The summed E-state index contributed by atoms with van der Waals surface area (Å²) in [5, 5.41) is 0. The summed E-state index contributed by atoms with van der Waals surface area (Å²) in [5.41, 5.74) is 5.05. The predicted octanol–water partition coefficient (Wildman–Crippen LogP) is 0.773. The summed E-state index contributed by atoms with van der Waals surface area (Å²) in [6, 6.07) is 9.10. The lowest BCUT2D eigenvalue weighted by molar-refractivity contribution is -0.130. The number of hydrogen-bond donors (Lipinski definition) is 1. The van der Waals surface area contributed by atoms with Crippen molar-refractivity contribution in [3.8, 4) is 0 Å². The molecule has 0 saturated carbocycles. The summed E-state index contributed by atoms with van der Waals surface area (Å²) >= 11 is 0. The molecule has 1 aromatic rings. The summed E-state index contributed by atoms with van der Waals surface area (Å²) in [6.45, 7) is 1.66. The number of amides is 1. The Morgan fingerprint density at radius 2 is 2.00 bits per heavy atom. The van der Waals surface area contributed by atoms with E-state index >= 15 is 0 Å². The number of carbonyl (C=O) groups is 1. The van der Waals surface area contributed by atoms with E-state index in [1.165, 1.54) is 0 Å². The van der Waals surface area contributed by atoms with Gasteiger partial charge in [0.15, 0.2) is 0 Å². The molecular formula is C10H10N2O2. The predicted molar refractivity (Wildman–Crippen MR) is 51.5 cm³/mol. The number of ether oxygens (including phenoxy) is 1. The SMILES string of the molecule is C[C@@]1(c2ccccc2)OC(N)=NC1=O. The Kier molecular flexibility index (Phi) is 1.77. The fraction of sp³-hybridized carbons (Fsp3) is 0.200. The van der Waals surface area contributed by atoms with Crippen LogP contribution in [-0.4, -0.2) is 11.9 Å². The van der Waals surface area contributed by atoms with Crippen LogP contribution < -0.4 is 5.73 Å². The van der Waals surface area contributed by atoms with Gasteiger partial charge in [-0.1, -0.05) is 30.3 Å². The Hall–Kier alpha value is -1.84. The van der Waals surface area contributed by atoms with Crippen LogP contribution in [0.25, 0.3) is 0 Å². The topological polar surface area (TPSA) is 64.7 Å². The summed E-state index contributed by atoms with van der Waals surface area (Å²) in [5.74, 6) is -0.360. The van der Waals surface area contributed by atoms with E-state index < -0.39 is 5.60 Å². The third-order valence-electron chi connectivity index (χ3n) is 2.25. The van der Waals surface area contributed by atoms with Crippen molar-refractivity contribution in [2.24, 2.45) is 10.7 Å². The highest BCUT2D eigenvalue weighted by molar-refractivity contribution is 6.01. The van der Waals surface area contributed by atoms with Gasteiger partial charge in [0.2, 0.25) is 5.60 Å². The maximum Gasteiger partial charge on any atom is 0.298 e. The molecule has 0 bridgehead atoms. The van der Waals surface area contributed by atoms with Gasteiger partial charge in [-0.3, -0.25) is 4.79 Å². The molecular weight excluding hydrogens is 180 g/mol. The van der Waals surface area contributed by atoms with Crippen molar-refractivity contribution in [1.82, 2.24) is 0 Å². The van der Waals surface area contributed by atoms with Gasteiger partial charge in [-0.25, -0.2) is 0 Å². The lowest BCUT2D eigenvalue weighted by Crippen LogP contribution is -2.31. The van der Waals surface area contributed by atoms with E-state index in [-0.39, 0.29) is 11.9 Å². The molecule has 0 spiro atoms. The smallest absolute Gasteiger partial charge is 0.298 e. The Bertz CT molecular complexity index is 400. The second kappa shape index (κ2) is 2.83. The molecule has 0 fully saturated rings. The van der Waals surface area contributed by atoms with Crippen molar-refractivity contribution in [3.63, 3.8) is 0 Å². The molecule has 0 unspecified atom stereocenters. The lowest BCUT2D eigenvalue weighted by Gasteiger charge is -2.20. The van der Waals surface area contributed by atoms with E-state index in [1.807, 2.05) is 30.3 Å². The first kappa shape index (κ1) is 8.74. The molecule has 1 heterocycles. The molecule has 1 aliphatic rings. The van der Waals surface area contributed by atoms with Crippen LogP contribution in [0.2, 0.25) is 0 Å². The highest BCUT2D eigenvalue weighted by Gasteiger charge is 2.42. The average Bonchev–Trinajstić information content (AvgIpc) is 2.43. The van der Waals surface area contributed by atoms with E-state index in [9.17, 15) is 4.79 Å². The molecule has 72 valence electrons. The third kappa shape index (κ3) is 1.16. The van der Waals surface area contributed by atoms with E-state index in [1.54, 1.807) is 6.92 Å². The molecule has 1 amide bonds. The summed E-state index contributed by atoms with van der Waals surface area (Å²) in [7, 11) is 0. The van der Waals surface area contributed by atoms with Crippen LogP contribution >= 0.6 is 0 Å². The maximum absolute atomic E-state index is 11.5. The fourth-order valence-electron chi connectivity index (χ4n) is 1.42. The van der Waals surface area contributed by atoms with E-state index in [0.717, 1.165) is 5.56 Å². The number of aliphatic imine (C=N–C) groups is 1. The number of benzene rings is 1. The highest BCUT2D eigenvalue weighted by Crippen LogP contribution is 2.30. The Balaban J connectivity index is 2.41. The van der Waals surface area contributed by atoms with Gasteiger partial charge in [0.25, 0.3) is 11.9 Å². The first-order chi connectivity index (χ1) is 6.63. The molecule has 4 nitrogen and oxygen atoms in total. The second-order valence-electron chi connectivity index (χ2n) is 3.26. The minimum Gasteiger partial charge on any atom is -0.444 e. The largest absolute Gasteiger partial charge is 0.444 e. The molecule has 1 aliphatic heterocycles. The first-order valence-corrected chi connectivity index (χ1v) is 4.26. The van der Waals surface area contributed by atoms with Crippen molar-refractivity contribution >= 4 is 11.9 Å². The number of amidine groups is 1. The molecule has 2 N–H and O–H groups in total. The third-order valence-corrected chi connectivity index (χ3v) is 2.25. The van der Waals surface area contributed by atoms with Gasteiger partial charge in [0, 0.05) is 5.56 Å². The van der Waals surface area contributed by atoms with Gasteiger partial charge in [-0.15, -0.1) is 0 Å². The average molecular weight is 190 g/mol. The standard InChI is InChI=1S/C10H10N2O2/c1-10(7-5-3-2-4-6-7)8(13)12-9(11)14-10/h2-6H,1H3,(H2,11,12,13)/t10-/m0/s1. The Morgan fingerprint density at radius 3 is 2.50 bits per heavy atom. The molecule has 14 heavy (non-hydrogen) atoms. The first-order valence-electron chi connectivity index (χ1n) is 4.26. The quantitative estimate of drug-likeness (QED) is 0.711. The zero-order chi connectivity index (χ0) is 10.2. The monoisotopic (exact) mass is 190 g/mol. The van der Waals surface area contributed by atoms with Crippen LogP contribution in [0.5, 0.6) is 0 Å². The Labute approximate surface area is 81.4 Å². The zero-order valence-corrected chi connectivity index (χ0v) is 7.73. The van der Waals surface area contributed by atoms with E-state index in [2.05, 4.69) is 4.99 Å². The molecule has 2 rings (SSSR count). The molecule has 1 atom stereocenters. The number of carbonyl (C=O) groups excluding carboxylic acids is 1. The molecule has 0 aromatic heterocycles. The van der Waals surface area contributed by atoms with Crippen LogP contribution in [0.3, 0.4) is 0 Å². The molecule has 0 aliphatic carbocycles. The minimum absolute atomic E-state index is 0.0682. The summed E-state index contributed by atoms with van der Waals surface area (Å²) in [4.78, 5) is 15.1. The van der Waals surface area contributed by atoms with E-state index in [4.69, 9.17) is 10.5 Å². The van der Waals surface area contributed by atoms with Crippen LogP contribution in [0.1, 0.15) is 12.5 Å². The molecule has 0 radical (unpaired) electrons. The van der Waals surface area contributed by atoms with Gasteiger partial charge in [0.05, 0.1) is 0 Å². The lowest BCUT2D eigenvalue weighted by atomic mass is 9.96. The van der Waals surface area contributed by atoms with Crippen molar-refractivity contribution in [3.05, 3.63) is 35.9 Å². The number of rotatable bonds is 1. The van der Waals surface area contributed by atoms with Crippen molar-refractivity contribution in [2.75, 3.05) is 0 Å². The number of hydrogen-bond acceptors (Lipinski definition) is 3. The van der Waals surface area contributed by atoms with Crippen LogP contribution in [0.4, 0.5) is 0 Å².